The van der Waals surface area contributed by atoms with Crippen molar-refractivity contribution in [2.24, 2.45) is 0 Å². The van der Waals surface area contributed by atoms with E-state index in [1.54, 1.807) is 24.3 Å². The molecule has 0 bridgehead atoms. The number of benzene rings is 3. The van der Waals surface area contributed by atoms with E-state index in [-0.39, 0.29) is 23.8 Å². The van der Waals surface area contributed by atoms with Gasteiger partial charge in [-0.15, -0.1) is 0 Å². The van der Waals surface area contributed by atoms with Gasteiger partial charge in [0.15, 0.2) is 5.78 Å². The minimum atomic E-state index is -0.230. The SMILES string of the molecule is CC(=O)c1ccc(NC(=O)[C@@H](C)N2CCN(C(c3ccccc3)c3ccccc3)CC2)cc1. The first-order valence-corrected chi connectivity index (χ1v) is 11.5. The van der Waals surface area contributed by atoms with Gasteiger partial charge in [0.25, 0.3) is 0 Å². The summed E-state index contributed by atoms with van der Waals surface area (Å²) in [5, 5.41) is 2.99. The van der Waals surface area contributed by atoms with Crippen LogP contribution in [0.4, 0.5) is 5.69 Å². The highest BCUT2D eigenvalue weighted by atomic mass is 16.2. The second-order valence-electron chi connectivity index (χ2n) is 8.59. The molecular weight excluding hydrogens is 410 g/mol. The van der Waals surface area contributed by atoms with E-state index in [2.05, 4.69) is 75.8 Å². The molecule has 170 valence electrons. The minimum Gasteiger partial charge on any atom is -0.325 e. The number of piperazine rings is 1. The predicted molar refractivity (Wildman–Crippen MR) is 132 cm³/mol. The summed E-state index contributed by atoms with van der Waals surface area (Å²) in [6, 6.07) is 28.3. The molecule has 1 aliphatic rings. The van der Waals surface area contributed by atoms with Crippen molar-refractivity contribution >= 4 is 17.4 Å². The highest BCUT2D eigenvalue weighted by Crippen LogP contribution is 2.29. The molecule has 1 heterocycles. The van der Waals surface area contributed by atoms with Gasteiger partial charge in [-0.25, -0.2) is 0 Å². The van der Waals surface area contributed by atoms with Gasteiger partial charge in [-0.05, 0) is 49.2 Å². The van der Waals surface area contributed by atoms with E-state index in [1.807, 2.05) is 6.92 Å². The Kier molecular flexibility index (Phi) is 7.33. The van der Waals surface area contributed by atoms with Gasteiger partial charge in [0.2, 0.25) is 5.91 Å². The van der Waals surface area contributed by atoms with Crippen molar-refractivity contribution in [3.05, 3.63) is 102 Å². The average Bonchev–Trinajstić information content (AvgIpc) is 2.86. The molecule has 1 aliphatic heterocycles. The number of carbonyl (C=O) groups is 2. The Morgan fingerprint density at radius 2 is 1.21 bits per heavy atom. The van der Waals surface area contributed by atoms with Crippen LogP contribution in [-0.4, -0.2) is 53.7 Å². The van der Waals surface area contributed by atoms with Crippen LogP contribution in [0, 0.1) is 0 Å². The number of hydrogen-bond acceptors (Lipinski definition) is 4. The number of nitrogens with zero attached hydrogens (tertiary/aromatic N) is 2. The molecular formula is C28H31N3O2. The fourth-order valence-corrected chi connectivity index (χ4v) is 4.47. The van der Waals surface area contributed by atoms with Crippen LogP contribution in [0.2, 0.25) is 0 Å². The Morgan fingerprint density at radius 3 is 1.70 bits per heavy atom. The van der Waals surface area contributed by atoms with Crippen LogP contribution >= 0.6 is 0 Å². The molecule has 3 aromatic rings. The lowest BCUT2D eigenvalue weighted by atomic mass is 9.96. The third kappa shape index (κ3) is 5.56. The molecule has 0 aliphatic carbocycles. The van der Waals surface area contributed by atoms with Gasteiger partial charge in [-0.1, -0.05) is 60.7 Å². The molecule has 0 radical (unpaired) electrons. The standard InChI is InChI=1S/C28H31N3O2/c1-21(28(33)29-26-15-13-23(14-16-26)22(2)32)30-17-19-31(20-18-30)27(24-9-5-3-6-10-24)25-11-7-4-8-12-25/h3-16,21,27H,17-20H2,1-2H3,(H,29,33)/t21-/m1/s1. The quantitative estimate of drug-likeness (QED) is 0.544. The van der Waals surface area contributed by atoms with E-state index in [0.717, 1.165) is 26.2 Å². The molecule has 0 spiro atoms. The summed E-state index contributed by atoms with van der Waals surface area (Å²) in [6.07, 6.45) is 0. The topological polar surface area (TPSA) is 52.7 Å². The summed E-state index contributed by atoms with van der Waals surface area (Å²) >= 11 is 0. The zero-order valence-electron chi connectivity index (χ0n) is 19.3. The summed E-state index contributed by atoms with van der Waals surface area (Å²) < 4.78 is 0. The largest absolute Gasteiger partial charge is 0.325 e. The maximum Gasteiger partial charge on any atom is 0.241 e. The summed E-state index contributed by atoms with van der Waals surface area (Å²) in [5.41, 5.74) is 3.93. The Labute approximate surface area is 196 Å². The number of nitrogens with one attached hydrogen (secondary N) is 1. The Bertz CT molecular complexity index is 1020. The predicted octanol–water partition coefficient (Wildman–Crippen LogP) is 4.62. The maximum atomic E-state index is 12.9. The summed E-state index contributed by atoms with van der Waals surface area (Å²) in [5.74, 6) is -0.00915. The van der Waals surface area contributed by atoms with Crippen molar-refractivity contribution in [1.29, 1.82) is 0 Å². The first kappa shape index (κ1) is 22.9. The van der Waals surface area contributed by atoms with Crippen LogP contribution in [0.15, 0.2) is 84.9 Å². The van der Waals surface area contributed by atoms with Gasteiger partial charge >= 0.3 is 0 Å². The van der Waals surface area contributed by atoms with Gasteiger partial charge in [0.05, 0.1) is 12.1 Å². The van der Waals surface area contributed by atoms with Crippen molar-refractivity contribution in [2.75, 3.05) is 31.5 Å². The number of rotatable bonds is 7. The van der Waals surface area contributed by atoms with E-state index in [4.69, 9.17) is 0 Å². The number of anilines is 1. The molecule has 5 heteroatoms. The summed E-state index contributed by atoms with van der Waals surface area (Å²) in [4.78, 5) is 29.1. The van der Waals surface area contributed by atoms with Crippen LogP contribution in [0.3, 0.4) is 0 Å². The Hall–Kier alpha value is -3.28. The van der Waals surface area contributed by atoms with Crippen molar-refractivity contribution in [3.63, 3.8) is 0 Å². The number of Topliss-reactive ketones (excluding diaryl/α,β-unsaturated/α-hetero) is 1. The molecule has 0 saturated carbocycles. The van der Waals surface area contributed by atoms with Gasteiger partial charge < -0.3 is 5.32 Å². The molecule has 0 aromatic heterocycles. The molecule has 4 rings (SSSR count). The first-order chi connectivity index (χ1) is 16.0. The fourth-order valence-electron chi connectivity index (χ4n) is 4.47. The Morgan fingerprint density at radius 1 is 0.727 bits per heavy atom. The molecule has 1 fully saturated rings. The summed E-state index contributed by atoms with van der Waals surface area (Å²) in [7, 11) is 0. The van der Waals surface area contributed by atoms with E-state index in [1.165, 1.54) is 18.1 Å². The van der Waals surface area contributed by atoms with E-state index in [9.17, 15) is 9.59 Å². The van der Waals surface area contributed by atoms with Crippen molar-refractivity contribution < 1.29 is 9.59 Å². The van der Waals surface area contributed by atoms with Gasteiger partial charge in [0.1, 0.15) is 0 Å². The van der Waals surface area contributed by atoms with Crippen LogP contribution in [-0.2, 0) is 4.79 Å². The third-order valence-corrected chi connectivity index (χ3v) is 6.43. The van der Waals surface area contributed by atoms with Crippen LogP contribution < -0.4 is 5.32 Å². The highest BCUT2D eigenvalue weighted by molar-refractivity contribution is 5.97. The smallest absolute Gasteiger partial charge is 0.241 e. The monoisotopic (exact) mass is 441 g/mol. The lowest BCUT2D eigenvalue weighted by Crippen LogP contribution is -2.53. The lowest BCUT2D eigenvalue weighted by Gasteiger charge is -2.41. The highest BCUT2D eigenvalue weighted by Gasteiger charge is 2.30. The number of carbonyl (C=O) groups excluding carboxylic acids is 2. The second kappa shape index (κ2) is 10.6. The second-order valence-corrected chi connectivity index (χ2v) is 8.59. The fraction of sp³-hybridized carbons (Fsp3) is 0.286. The molecule has 1 N–H and O–H groups in total. The van der Waals surface area contributed by atoms with Crippen LogP contribution in [0.5, 0.6) is 0 Å². The van der Waals surface area contributed by atoms with Gasteiger partial charge in [0, 0.05) is 37.4 Å². The lowest BCUT2D eigenvalue weighted by molar-refractivity contribution is -0.121. The molecule has 1 amide bonds. The molecule has 3 aromatic carbocycles. The third-order valence-electron chi connectivity index (χ3n) is 6.43. The van der Waals surface area contributed by atoms with Crippen molar-refractivity contribution in [3.8, 4) is 0 Å². The van der Waals surface area contributed by atoms with Gasteiger partial charge in [-0.3, -0.25) is 19.4 Å². The molecule has 33 heavy (non-hydrogen) atoms. The normalized spacial score (nSPS) is 15.8. The number of amides is 1. The molecule has 1 atom stereocenters. The Balaban J connectivity index is 1.39. The first-order valence-electron chi connectivity index (χ1n) is 11.5. The molecule has 0 unspecified atom stereocenters. The number of ketones is 1. The zero-order chi connectivity index (χ0) is 23.2. The van der Waals surface area contributed by atoms with Crippen LogP contribution in [0.1, 0.15) is 41.4 Å². The van der Waals surface area contributed by atoms with E-state index >= 15 is 0 Å². The van der Waals surface area contributed by atoms with E-state index < -0.39 is 0 Å². The number of hydrogen-bond donors (Lipinski definition) is 1. The molecule has 5 nitrogen and oxygen atoms in total. The van der Waals surface area contributed by atoms with Crippen molar-refractivity contribution in [2.45, 2.75) is 25.9 Å². The zero-order valence-corrected chi connectivity index (χ0v) is 19.3. The van der Waals surface area contributed by atoms with E-state index in [0.29, 0.717) is 11.3 Å². The summed E-state index contributed by atoms with van der Waals surface area (Å²) in [6.45, 7) is 6.93. The minimum absolute atomic E-state index is 0.0171. The molecule has 1 saturated heterocycles. The van der Waals surface area contributed by atoms with Crippen LogP contribution in [0.25, 0.3) is 0 Å². The maximum absolute atomic E-state index is 12.9. The average molecular weight is 442 g/mol. The van der Waals surface area contributed by atoms with Crippen molar-refractivity contribution in [1.82, 2.24) is 9.80 Å². The van der Waals surface area contributed by atoms with Gasteiger partial charge in [-0.2, -0.15) is 0 Å².